The number of benzene rings is 1. The zero-order valence-electron chi connectivity index (χ0n) is 9.70. The van der Waals surface area contributed by atoms with Crippen molar-refractivity contribution >= 4 is 17.2 Å². The van der Waals surface area contributed by atoms with E-state index in [1.165, 1.54) is 12.1 Å². The van der Waals surface area contributed by atoms with Crippen molar-refractivity contribution in [2.75, 3.05) is 0 Å². The molecule has 1 aromatic heterocycles. The summed E-state index contributed by atoms with van der Waals surface area (Å²) in [5.74, 6) is 0.571. The summed E-state index contributed by atoms with van der Waals surface area (Å²) >= 11 is 0.900. The van der Waals surface area contributed by atoms with Crippen molar-refractivity contribution in [2.45, 2.75) is 19.9 Å². The number of hydrogen-bond donors (Lipinski definition) is 0. The Bertz CT molecular complexity index is 615. The van der Waals surface area contributed by atoms with Gasteiger partial charge < -0.3 is 0 Å². The standard InChI is InChI=1S/C11H11N3O3S/c1-2-7-13-10(12-18-11(13)15)8-3-5-9(6-4-8)14(16)17/h3-6H,2,7H2,1H3. The normalized spacial score (nSPS) is 10.5. The maximum atomic E-state index is 11.6. The summed E-state index contributed by atoms with van der Waals surface area (Å²) < 4.78 is 5.69. The van der Waals surface area contributed by atoms with Crippen LogP contribution >= 0.6 is 11.5 Å². The Morgan fingerprint density at radius 2 is 2.06 bits per heavy atom. The molecule has 0 atom stereocenters. The number of hydrogen-bond acceptors (Lipinski definition) is 5. The molecule has 0 aliphatic rings. The number of nitrogens with zero attached hydrogens (tertiary/aromatic N) is 3. The smallest absolute Gasteiger partial charge is 0.282 e. The van der Waals surface area contributed by atoms with Crippen molar-refractivity contribution < 1.29 is 4.92 Å². The van der Waals surface area contributed by atoms with Gasteiger partial charge in [0, 0.05) is 35.8 Å². The van der Waals surface area contributed by atoms with Crippen LogP contribution in [0.5, 0.6) is 0 Å². The number of nitro benzene ring substituents is 1. The van der Waals surface area contributed by atoms with Gasteiger partial charge in [-0.05, 0) is 18.6 Å². The molecule has 0 saturated carbocycles. The average Bonchev–Trinajstić information content (AvgIpc) is 2.72. The van der Waals surface area contributed by atoms with Gasteiger partial charge in [-0.1, -0.05) is 6.92 Å². The lowest BCUT2D eigenvalue weighted by Gasteiger charge is -2.03. The van der Waals surface area contributed by atoms with E-state index in [0.717, 1.165) is 18.0 Å². The van der Waals surface area contributed by atoms with Gasteiger partial charge in [-0.15, -0.1) is 0 Å². The Balaban J connectivity index is 2.42. The fourth-order valence-corrected chi connectivity index (χ4v) is 2.27. The number of aromatic nitrogens is 2. The third-order valence-electron chi connectivity index (χ3n) is 2.47. The first-order valence-corrected chi connectivity index (χ1v) is 6.22. The highest BCUT2D eigenvalue weighted by Crippen LogP contribution is 2.20. The van der Waals surface area contributed by atoms with Gasteiger partial charge in [0.15, 0.2) is 5.82 Å². The summed E-state index contributed by atoms with van der Waals surface area (Å²) in [5.41, 5.74) is 0.741. The van der Waals surface area contributed by atoms with Crippen molar-refractivity contribution in [2.24, 2.45) is 0 Å². The molecule has 0 aliphatic carbocycles. The van der Waals surface area contributed by atoms with Crippen LogP contribution in [-0.4, -0.2) is 13.9 Å². The molecule has 0 spiro atoms. The van der Waals surface area contributed by atoms with Gasteiger partial charge >= 0.3 is 4.87 Å². The molecule has 7 heteroatoms. The molecule has 6 nitrogen and oxygen atoms in total. The Morgan fingerprint density at radius 1 is 1.39 bits per heavy atom. The van der Waals surface area contributed by atoms with E-state index in [1.54, 1.807) is 16.7 Å². The van der Waals surface area contributed by atoms with Crippen LogP contribution in [0.1, 0.15) is 13.3 Å². The molecule has 0 N–H and O–H groups in total. The third kappa shape index (κ3) is 2.30. The first-order chi connectivity index (χ1) is 8.63. The third-order valence-corrected chi connectivity index (χ3v) is 3.11. The van der Waals surface area contributed by atoms with Crippen LogP contribution in [-0.2, 0) is 6.54 Å². The van der Waals surface area contributed by atoms with Crippen molar-refractivity contribution in [3.05, 3.63) is 44.0 Å². The van der Waals surface area contributed by atoms with E-state index in [0.29, 0.717) is 17.9 Å². The second kappa shape index (κ2) is 5.09. The minimum Gasteiger partial charge on any atom is -0.282 e. The van der Waals surface area contributed by atoms with Gasteiger partial charge in [-0.3, -0.25) is 19.5 Å². The topological polar surface area (TPSA) is 78.0 Å². The first kappa shape index (κ1) is 12.4. The highest BCUT2D eigenvalue weighted by molar-refractivity contribution is 7.03. The van der Waals surface area contributed by atoms with Crippen molar-refractivity contribution in [1.29, 1.82) is 0 Å². The minimum absolute atomic E-state index is 0.0263. The van der Waals surface area contributed by atoms with Gasteiger partial charge in [0.1, 0.15) is 0 Å². The maximum absolute atomic E-state index is 11.6. The van der Waals surface area contributed by atoms with Gasteiger partial charge in [0.2, 0.25) is 0 Å². The molecular weight excluding hydrogens is 254 g/mol. The molecule has 2 aromatic rings. The lowest BCUT2D eigenvalue weighted by atomic mass is 10.2. The molecule has 0 bridgehead atoms. The summed E-state index contributed by atoms with van der Waals surface area (Å²) in [5, 5.41) is 10.6. The molecule has 1 aromatic carbocycles. The number of nitro groups is 1. The maximum Gasteiger partial charge on any atom is 0.326 e. The number of non-ortho nitro benzene ring substituents is 1. The fourth-order valence-electron chi connectivity index (χ4n) is 1.63. The lowest BCUT2D eigenvalue weighted by molar-refractivity contribution is -0.384. The summed E-state index contributed by atoms with van der Waals surface area (Å²) in [6.45, 7) is 2.57. The SMILES string of the molecule is CCCn1c(-c2ccc([N+](=O)[O-])cc2)nsc1=O. The lowest BCUT2D eigenvalue weighted by Crippen LogP contribution is -2.13. The Morgan fingerprint density at radius 3 is 2.61 bits per heavy atom. The summed E-state index contributed by atoms with van der Waals surface area (Å²) in [6, 6.07) is 6.04. The monoisotopic (exact) mass is 265 g/mol. The van der Waals surface area contributed by atoms with Gasteiger partial charge in [0.25, 0.3) is 5.69 Å². The van der Waals surface area contributed by atoms with Crippen LogP contribution in [0.3, 0.4) is 0 Å². The van der Waals surface area contributed by atoms with Crippen molar-refractivity contribution in [1.82, 2.24) is 8.94 Å². The second-order valence-corrected chi connectivity index (χ2v) is 4.44. The van der Waals surface area contributed by atoms with Crippen LogP contribution < -0.4 is 4.87 Å². The van der Waals surface area contributed by atoms with Gasteiger partial charge in [-0.25, -0.2) is 0 Å². The van der Waals surface area contributed by atoms with E-state index in [2.05, 4.69) is 4.37 Å². The predicted octanol–water partition coefficient (Wildman–Crippen LogP) is 2.29. The largest absolute Gasteiger partial charge is 0.326 e. The van der Waals surface area contributed by atoms with Crippen LogP contribution in [0.15, 0.2) is 29.1 Å². The highest BCUT2D eigenvalue weighted by atomic mass is 32.1. The number of rotatable bonds is 4. The zero-order valence-corrected chi connectivity index (χ0v) is 10.5. The average molecular weight is 265 g/mol. The minimum atomic E-state index is -0.454. The van der Waals surface area contributed by atoms with Gasteiger partial charge in [0.05, 0.1) is 4.92 Å². The van der Waals surface area contributed by atoms with E-state index in [4.69, 9.17) is 0 Å². The zero-order chi connectivity index (χ0) is 13.1. The van der Waals surface area contributed by atoms with Crippen LogP contribution in [0.2, 0.25) is 0 Å². The molecule has 0 radical (unpaired) electrons. The molecule has 0 amide bonds. The highest BCUT2D eigenvalue weighted by Gasteiger charge is 2.12. The summed E-state index contributed by atoms with van der Waals surface area (Å²) in [7, 11) is 0. The summed E-state index contributed by atoms with van der Waals surface area (Å²) in [6.07, 6.45) is 0.832. The van der Waals surface area contributed by atoms with Crippen molar-refractivity contribution in [3.63, 3.8) is 0 Å². The van der Waals surface area contributed by atoms with E-state index in [-0.39, 0.29) is 10.6 Å². The van der Waals surface area contributed by atoms with Crippen LogP contribution in [0.25, 0.3) is 11.4 Å². The molecule has 2 rings (SSSR count). The molecule has 18 heavy (non-hydrogen) atoms. The Kier molecular flexibility index (Phi) is 3.52. The second-order valence-electron chi connectivity index (χ2n) is 3.73. The Labute approximate surface area is 107 Å². The molecular formula is C11H11N3O3S. The fraction of sp³-hybridized carbons (Fsp3) is 0.273. The predicted molar refractivity (Wildman–Crippen MR) is 68.8 cm³/mol. The first-order valence-electron chi connectivity index (χ1n) is 5.45. The molecule has 1 heterocycles. The van der Waals surface area contributed by atoms with Crippen LogP contribution in [0, 0.1) is 10.1 Å². The molecule has 0 aliphatic heterocycles. The van der Waals surface area contributed by atoms with E-state index in [9.17, 15) is 14.9 Å². The quantitative estimate of drug-likeness (QED) is 0.627. The van der Waals surface area contributed by atoms with Crippen LogP contribution in [0.4, 0.5) is 5.69 Å². The molecule has 0 saturated heterocycles. The van der Waals surface area contributed by atoms with Crippen molar-refractivity contribution in [3.8, 4) is 11.4 Å². The Hall–Kier alpha value is -2.02. The van der Waals surface area contributed by atoms with E-state index < -0.39 is 4.92 Å². The summed E-state index contributed by atoms with van der Waals surface area (Å²) in [4.78, 5) is 21.6. The molecule has 94 valence electrons. The molecule has 0 unspecified atom stereocenters. The van der Waals surface area contributed by atoms with E-state index >= 15 is 0 Å². The van der Waals surface area contributed by atoms with E-state index in [1.807, 2.05) is 6.92 Å². The van der Waals surface area contributed by atoms with Gasteiger partial charge in [-0.2, -0.15) is 4.37 Å². The molecule has 0 fully saturated rings.